The lowest BCUT2D eigenvalue weighted by Crippen LogP contribution is -2.29. The summed E-state index contributed by atoms with van der Waals surface area (Å²) in [6.45, 7) is 4.77. The Labute approximate surface area is 139 Å². The summed E-state index contributed by atoms with van der Waals surface area (Å²) in [6.07, 6.45) is 1.17. The van der Waals surface area contributed by atoms with Crippen molar-refractivity contribution in [2.24, 2.45) is 5.73 Å². The molecule has 0 aliphatic carbocycles. The van der Waals surface area contributed by atoms with Gasteiger partial charge in [0, 0.05) is 32.7 Å². The van der Waals surface area contributed by atoms with E-state index in [1.54, 1.807) is 0 Å². The van der Waals surface area contributed by atoms with E-state index in [0.717, 1.165) is 26.2 Å². The Hall–Kier alpha value is -1.71. The first kappa shape index (κ1) is 16.7. The van der Waals surface area contributed by atoms with E-state index >= 15 is 0 Å². The molecule has 3 nitrogen and oxygen atoms in total. The molecule has 4 heteroatoms. The second-order valence-corrected chi connectivity index (χ2v) is 5.53. The molecule has 0 atom stereocenters. The molecule has 22 heavy (non-hydrogen) atoms. The van der Waals surface area contributed by atoms with Crippen molar-refractivity contribution in [3.05, 3.63) is 60.2 Å². The molecule has 118 valence electrons. The number of anilines is 2. The summed E-state index contributed by atoms with van der Waals surface area (Å²) in [5, 5.41) is 0. The third-order valence-corrected chi connectivity index (χ3v) is 4.03. The second-order valence-electron chi connectivity index (χ2n) is 5.53. The Kier molecular flexibility index (Phi) is 6.10. The molecule has 0 amide bonds. The highest BCUT2D eigenvalue weighted by molar-refractivity contribution is 5.85. The van der Waals surface area contributed by atoms with Crippen molar-refractivity contribution in [2.75, 3.05) is 36.0 Å². The first-order chi connectivity index (χ1) is 10.4. The van der Waals surface area contributed by atoms with E-state index < -0.39 is 0 Å². The summed E-state index contributed by atoms with van der Waals surface area (Å²) >= 11 is 0. The first-order valence-electron chi connectivity index (χ1n) is 7.71. The molecule has 1 aliphatic rings. The van der Waals surface area contributed by atoms with Crippen LogP contribution in [-0.4, -0.2) is 26.2 Å². The molecule has 3 rings (SSSR count). The Morgan fingerprint density at radius 1 is 0.818 bits per heavy atom. The minimum absolute atomic E-state index is 0. The molecule has 1 heterocycles. The Morgan fingerprint density at radius 2 is 1.41 bits per heavy atom. The highest BCUT2D eigenvalue weighted by Crippen LogP contribution is 2.32. The Bertz CT molecular complexity index is 574. The van der Waals surface area contributed by atoms with Crippen LogP contribution in [0.1, 0.15) is 12.0 Å². The van der Waals surface area contributed by atoms with Crippen LogP contribution in [0.5, 0.6) is 0 Å². The maximum Gasteiger partial charge on any atom is 0.0607 e. The van der Waals surface area contributed by atoms with E-state index in [1.807, 2.05) is 0 Å². The van der Waals surface area contributed by atoms with E-state index in [9.17, 15) is 0 Å². The third kappa shape index (κ3) is 3.73. The van der Waals surface area contributed by atoms with Crippen LogP contribution in [0.25, 0.3) is 0 Å². The van der Waals surface area contributed by atoms with Gasteiger partial charge < -0.3 is 15.5 Å². The number of hydrogen-bond acceptors (Lipinski definition) is 3. The quantitative estimate of drug-likeness (QED) is 0.939. The molecule has 0 saturated carbocycles. The van der Waals surface area contributed by atoms with Gasteiger partial charge in [-0.25, -0.2) is 0 Å². The fourth-order valence-corrected chi connectivity index (χ4v) is 3.05. The number of benzene rings is 2. The maximum atomic E-state index is 5.77. The predicted molar refractivity (Wildman–Crippen MR) is 97.1 cm³/mol. The fraction of sp³-hybridized carbons (Fsp3) is 0.333. The Balaban J connectivity index is 0.00000176. The van der Waals surface area contributed by atoms with Crippen molar-refractivity contribution in [1.82, 2.24) is 0 Å². The summed E-state index contributed by atoms with van der Waals surface area (Å²) < 4.78 is 0. The van der Waals surface area contributed by atoms with Gasteiger partial charge in [-0.05, 0) is 24.1 Å². The molecular formula is C18H24ClN3. The van der Waals surface area contributed by atoms with E-state index in [4.69, 9.17) is 5.73 Å². The minimum atomic E-state index is 0. The number of para-hydroxylation sites is 2. The lowest BCUT2D eigenvalue weighted by Gasteiger charge is -2.27. The molecule has 0 aromatic heterocycles. The predicted octanol–water partition coefficient (Wildman–Crippen LogP) is 3.28. The van der Waals surface area contributed by atoms with E-state index in [1.165, 1.54) is 23.4 Å². The highest BCUT2D eigenvalue weighted by atomic mass is 35.5. The monoisotopic (exact) mass is 317 g/mol. The molecule has 0 saturated heterocycles. The zero-order valence-electron chi connectivity index (χ0n) is 12.8. The van der Waals surface area contributed by atoms with Crippen LogP contribution < -0.4 is 15.5 Å². The molecule has 0 bridgehead atoms. The van der Waals surface area contributed by atoms with Crippen LogP contribution >= 0.6 is 12.4 Å². The van der Waals surface area contributed by atoms with Gasteiger partial charge in [-0.15, -0.1) is 12.4 Å². The molecule has 2 aromatic carbocycles. The van der Waals surface area contributed by atoms with E-state index in [0.29, 0.717) is 6.54 Å². The third-order valence-electron chi connectivity index (χ3n) is 4.03. The summed E-state index contributed by atoms with van der Waals surface area (Å²) in [7, 11) is 0. The Morgan fingerprint density at radius 3 is 2.09 bits per heavy atom. The first-order valence-corrected chi connectivity index (χ1v) is 7.71. The van der Waals surface area contributed by atoms with Crippen LogP contribution in [0.2, 0.25) is 0 Å². The molecule has 0 unspecified atom stereocenters. The largest absolute Gasteiger partial charge is 0.369 e. The molecular weight excluding hydrogens is 294 g/mol. The van der Waals surface area contributed by atoms with E-state index in [-0.39, 0.29) is 12.4 Å². The van der Waals surface area contributed by atoms with Crippen LogP contribution in [0.4, 0.5) is 11.4 Å². The van der Waals surface area contributed by atoms with Crippen molar-refractivity contribution in [1.29, 1.82) is 0 Å². The molecule has 0 radical (unpaired) electrons. The van der Waals surface area contributed by atoms with Crippen molar-refractivity contribution >= 4 is 23.8 Å². The number of nitrogens with zero attached hydrogens (tertiary/aromatic N) is 2. The smallest absolute Gasteiger partial charge is 0.0607 e. The zero-order valence-corrected chi connectivity index (χ0v) is 13.6. The van der Waals surface area contributed by atoms with E-state index in [2.05, 4.69) is 64.4 Å². The standard InChI is InChI=1S/C18H23N3.ClH/c19-11-14-20-12-6-13-21(15-16-7-2-1-3-8-16)18-10-5-4-9-17(18)20;/h1-5,7-10H,6,11-15,19H2;1H. The van der Waals surface area contributed by atoms with Gasteiger partial charge in [0.25, 0.3) is 0 Å². The summed E-state index contributed by atoms with van der Waals surface area (Å²) in [5.41, 5.74) is 9.77. The molecule has 0 fully saturated rings. The molecule has 2 N–H and O–H groups in total. The van der Waals surface area contributed by atoms with Gasteiger partial charge in [0.1, 0.15) is 0 Å². The molecule has 0 spiro atoms. The van der Waals surface area contributed by atoms with Crippen LogP contribution in [0.3, 0.4) is 0 Å². The van der Waals surface area contributed by atoms with Gasteiger partial charge in [0.05, 0.1) is 11.4 Å². The fourth-order valence-electron chi connectivity index (χ4n) is 3.05. The van der Waals surface area contributed by atoms with Crippen molar-refractivity contribution in [3.8, 4) is 0 Å². The zero-order chi connectivity index (χ0) is 14.5. The van der Waals surface area contributed by atoms with Crippen molar-refractivity contribution < 1.29 is 0 Å². The van der Waals surface area contributed by atoms with Gasteiger partial charge in [-0.2, -0.15) is 0 Å². The molecule has 2 aromatic rings. The lowest BCUT2D eigenvalue weighted by molar-refractivity contribution is 0.717. The normalized spacial score (nSPS) is 14.0. The number of fused-ring (bicyclic) bond motifs is 1. The van der Waals surface area contributed by atoms with Crippen LogP contribution in [0.15, 0.2) is 54.6 Å². The number of halogens is 1. The average molecular weight is 318 g/mol. The number of rotatable bonds is 4. The van der Waals surface area contributed by atoms with Gasteiger partial charge >= 0.3 is 0 Å². The SMILES string of the molecule is Cl.NCCN1CCCN(Cc2ccccc2)c2ccccc21. The number of hydrogen-bond donors (Lipinski definition) is 1. The average Bonchev–Trinajstić information content (AvgIpc) is 2.70. The molecule has 1 aliphatic heterocycles. The van der Waals surface area contributed by atoms with Gasteiger partial charge in [0.15, 0.2) is 0 Å². The summed E-state index contributed by atoms with van der Waals surface area (Å²) in [6, 6.07) is 19.4. The summed E-state index contributed by atoms with van der Waals surface area (Å²) in [4.78, 5) is 4.90. The second kappa shape index (κ2) is 8.06. The van der Waals surface area contributed by atoms with Crippen LogP contribution in [0, 0.1) is 0 Å². The minimum Gasteiger partial charge on any atom is -0.369 e. The highest BCUT2D eigenvalue weighted by Gasteiger charge is 2.19. The van der Waals surface area contributed by atoms with Crippen molar-refractivity contribution in [2.45, 2.75) is 13.0 Å². The van der Waals surface area contributed by atoms with Gasteiger partial charge in [-0.1, -0.05) is 42.5 Å². The van der Waals surface area contributed by atoms with Gasteiger partial charge in [0.2, 0.25) is 0 Å². The number of nitrogens with two attached hydrogens (primary N) is 1. The maximum absolute atomic E-state index is 5.77. The van der Waals surface area contributed by atoms with Crippen LogP contribution in [-0.2, 0) is 6.54 Å². The van der Waals surface area contributed by atoms with Gasteiger partial charge in [-0.3, -0.25) is 0 Å². The lowest BCUT2D eigenvalue weighted by atomic mass is 10.2. The van der Waals surface area contributed by atoms with Crippen molar-refractivity contribution in [3.63, 3.8) is 0 Å². The summed E-state index contributed by atoms with van der Waals surface area (Å²) in [5.74, 6) is 0. The topological polar surface area (TPSA) is 32.5 Å².